The van der Waals surface area contributed by atoms with Crippen LogP contribution in [0.2, 0.25) is 5.02 Å². The van der Waals surface area contributed by atoms with Gasteiger partial charge in [0.05, 0.1) is 11.6 Å². The van der Waals surface area contributed by atoms with Crippen molar-refractivity contribution in [3.05, 3.63) is 34.6 Å². The van der Waals surface area contributed by atoms with Crippen LogP contribution in [0.5, 0.6) is 11.5 Å². The first-order valence-corrected chi connectivity index (χ1v) is 13.7. The highest BCUT2D eigenvalue weighted by molar-refractivity contribution is 6.35. The normalized spacial score (nSPS) is 21.8. The number of aromatic nitrogens is 1. The van der Waals surface area contributed by atoms with Crippen LogP contribution in [0.1, 0.15) is 50.4 Å². The van der Waals surface area contributed by atoms with Gasteiger partial charge in [0.25, 0.3) is 5.91 Å². The van der Waals surface area contributed by atoms with E-state index in [1.165, 1.54) is 18.2 Å². The van der Waals surface area contributed by atoms with Crippen LogP contribution in [0, 0.1) is 11.2 Å². The van der Waals surface area contributed by atoms with Crippen molar-refractivity contribution in [3.8, 4) is 22.8 Å². The van der Waals surface area contributed by atoms with Crippen LogP contribution in [-0.4, -0.2) is 82.9 Å². The first-order valence-electron chi connectivity index (χ1n) is 13.3. The molecule has 3 fully saturated rings. The Kier molecular flexibility index (Phi) is 6.09. The fourth-order valence-corrected chi connectivity index (χ4v) is 6.07. The number of aromatic hydroxyl groups is 1. The van der Waals surface area contributed by atoms with Crippen molar-refractivity contribution >= 4 is 29.4 Å². The minimum absolute atomic E-state index is 0.0285. The van der Waals surface area contributed by atoms with Gasteiger partial charge in [-0.05, 0) is 57.6 Å². The molecule has 1 atom stereocenters. The van der Waals surface area contributed by atoms with Crippen LogP contribution >= 0.6 is 11.6 Å². The number of carbonyl (C=O) groups is 2. The Morgan fingerprint density at radius 1 is 1.21 bits per heavy atom. The van der Waals surface area contributed by atoms with Crippen molar-refractivity contribution in [3.63, 3.8) is 0 Å². The number of carbonyl (C=O) groups excluding carboxylic acids is 2. The van der Waals surface area contributed by atoms with E-state index < -0.39 is 23.6 Å². The number of nitrogens with zero attached hydrogens (tertiary/aromatic N) is 4. The van der Waals surface area contributed by atoms with Gasteiger partial charge in [-0.3, -0.25) is 4.79 Å². The molecule has 3 aliphatic heterocycles. The highest BCUT2D eigenvalue weighted by Crippen LogP contribution is 2.54. The van der Waals surface area contributed by atoms with Crippen molar-refractivity contribution < 1.29 is 28.6 Å². The number of phenols is 1. The minimum atomic E-state index is -0.680. The Hall–Kier alpha value is -3.27. The predicted octanol–water partition coefficient (Wildman–Crippen LogP) is 4.69. The third kappa shape index (κ3) is 4.62. The highest BCUT2D eigenvalue weighted by atomic mass is 35.5. The third-order valence-electron chi connectivity index (χ3n) is 8.03. The van der Waals surface area contributed by atoms with Gasteiger partial charge in [-0.2, -0.15) is 0 Å². The summed E-state index contributed by atoms with van der Waals surface area (Å²) >= 11 is 6.80. The summed E-state index contributed by atoms with van der Waals surface area (Å²) in [5.41, 5.74) is -0.283. The molecule has 9 nitrogen and oxygen atoms in total. The zero-order valence-corrected chi connectivity index (χ0v) is 23.1. The Balaban J connectivity index is 1.41. The van der Waals surface area contributed by atoms with Gasteiger partial charge in [0.2, 0.25) is 0 Å². The van der Waals surface area contributed by atoms with E-state index in [-0.39, 0.29) is 57.8 Å². The van der Waals surface area contributed by atoms with E-state index in [1.54, 1.807) is 9.80 Å². The highest BCUT2D eigenvalue weighted by Gasteiger charge is 2.50. The summed E-state index contributed by atoms with van der Waals surface area (Å²) < 4.78 is 26.7. The maximum Gasteiger partial charge on any atom is 0.410 e. The number of benzene rings is 1. The zero-order valence-electron chi connectivity index (χ0n) is 22.3. The number of fused-ring (bicyclic) bond motifs is 2. The Morgan fingerprint density at radius 2 is 1.97 bits per heavy atom. The molecule has 1 spiro atoms. The molecule has 0 radical (unpaired) electrons. The number of anilines is 1. The van der Waals surface area contributed by atoms with E-state index >= 15 is 0 Å². The number of rotatable bonds is 2. The number of ether oxygens (including phenoxy) is 2. The largest absolute Gasteiger partial charge is 0.507 e. The second-order valence-electron chi connectivity index (χ2n) is 12.0. The summed E-state index contributed by atoms with van der Waals surface area (Å²) in [4.78, 5) is 37.0. The summed E-state index contributed by atoms with van der Waals surface area (Å²) in [6, 6.07) is 3.56. The van der Waals surface area contributed by atoms with Crippen LogP contribution in [0.25, 0.3) is 11.3 Å². The molecule has 39 heavy (non-hydrogen) atoms. The average Bonchev–Trinajstić information content (AvgIpc) is 3.53. The maximum absolute atomic E-state index is 15.0. The number of hydrogen-bond donors (Lipinski definition) is 1. The fraction of sp³-hybridized carbons (Fsp3) is 0.536. The van der Waals surface area contributed by atoms with Crippen molar-refractivity contribution in [2.24, 2.45) is 5.41 Å². The molecule has 2 amide bonds. The summed E-state index contributed by atoms with van der Waals surface area (Å²) in [5, 5.41) is 10.5. The van der Waals surface area contributed by atoms with Crippen LogP contribution in [0.4, 0.5) is 15.0 Å². The van der Waals surface area contributed by atoms with Gasteiger partial charge in [-0.15, -0.1) is 0 Å². The molecule has 208 valence electrons. The molecule has 0 bridgehead atoms. The van der Waals surface area contributed by atoms with Gasteiger partial charge in [-0.1, -0.05) is 17.7 Å². The van der Waals surface area contributed by atoms with E-state index in [0.29, 0.717) is 25.5 Å². The van der Waals surface area contributed by atoms with Crippen molar-refractivity contribution in [2.45, 2.75) is 51.7 Å². The minimum Gasteiger partial charge on any atom is -0.507 e. The van der Waals surface area contributed by atoms with E-state index in [9.17, 15) is 19.1 Å². The molecular weight excluding hydrogens is 527 g/mol. The van der Waals surface area contributed by atoms with Crippen molar-refractivity contribution in [2.75, 3.05) is 44.2 Å². The van der Waals surface area contributed by atoms with Gasteiger partial charge >= 0.3 is 6.09 Å². The van der Waals surface area contributed by atoms with Crippen LogP contribution < -0.4 is 9.64 Å². The average molecular weight is 559 g/mol. The summed E-state index contributed by atoms with van der Waals surface area (Å²) in [5.74, 6) is -0.765. The van der Waals surface area contributed by atoms with Crippen molar-refractivity contribution in [1.29, 1.82) is 0 Å². The molecular formula is C28H32ClFN4O5. The second kappa shape index (κ2) is 9.15. The smallest absolute Gasteiger partial charge is 0.410 e. The number of piperazine rings is 1. The van der Waals surface area contributed by atoms with E-state index in [0.717, 1.165) is 25.8 Å². The first-order chi connectivity index (χ1) is 18.5. The summed E-state index contributed by atoms with van der Waals surface area (Å²) in [6.45, 7) is 7.79. The predicted molar refractivity (Wildman–Crippen MR) is 143 cm³/mol. The second-order valence-corrected chi connectivity index (χ2v) is 12.4. The number of hydrogen-bond acceptors (Lipinski definition) is 7. The lowest BCUT2D eigenvalue weighted by molar-refractivity contribution is 0.000955. The van der Waals surface area contributed by atoms with E-state index in [2.05, 4.69) is 4.90 Å². The lowest BCUT2D eigenvalue weighted by Crippen LogP contribution is -2.58. The van der Waals surface area contributed by atoms with Crippen LogP contribution in [0.15, 0.2) is 18.2 Å². The molecule has 1 saturated carbocycles. The van der Waals surface area contributed by atoms with Crippen LogP contribution in [-0.2, 0) is 4.74 Å². The number of phenolic OH excluding ortho intramolecular Hbond substituents is 1. The Labute approximate surface area is 231 Å². The Morgan fingerprint density at radius 3 is 2.64 bits per heavy atom. The number of amides is 2. The number of pyridine rings is 1. The SMILES string of the molecule is CC(C)(C)OC(=O)N1CCN2C(=O)c3c(N4CCC5(CC5)C4)nc(-c4c(O)cccc4F)c(Cl)c3OCC2C1. The van der Waals surface area contributed by atoms with Gasteiger partial charge in [0.15, 0.2) is 5.75 Å². The summed E-state index contributed by atoms with van der Waals surface area (Å²) in [7, 11) is 0. The molecule has 4 heterocycles. The number of halogens is 2. The molecule has 1 aromatic heterocycles. The van der Waals surface area contributed by atoms with Gasteiger partial charge in [-0.25, -0.2) is 14.2 Å². The molecule has 2 aromatic rings. The van der Waals surface area contributed by atoms with Gasteiger partial charge < -0.3 is 29.3 Å². The topological polar surface area (TPSA) is 95.4 Å². The lowest BCUT2D eigenvalue weighted by atomic mass is 10.1. The lowest BCUT2D eigenvalue weighted by Gasteiger charge is -2.40. The molecule has 1 aliphatic carbocycles. The molecule has 1 aromatic carbocycles. The van der Waals surface area contributed by atoms with E-state index in [4.69, 9.17) is 26.1 Å². The van der Waals surface area contributed by atoms with Gasteiger partial charge in [0, 0.05) is 32.7 Å². The monoisotopic (exact) mass is 558 g/mol. The third-order valence-corrected chi connectivity index (χ3v) is 8.38. The molecule has 1 unspecified atom stereocenters. The standard InChI is InChI=1S/C28H32ClFN4O5/c1-27(2,3)39-26(37)32-11-12-34-16(13-32)14-38-23-20(25(34)36)24(33-10-9-28(15-33)7-8-28)31-22(21(23)29)19-17(30)5-4-6-18(19)35/h4-6,16,35H,7-15H2,1-3H3. The van der Waals surface area contributed by atoms with Crippen LogP contribution in [0.3, 0.4) is 0 Å². The molecule has 11 heteroatoms. The molecule has 1 N–H and O–H groups in total. The van der Waals surface area contributed by atoms with Crippen molar-refractivity contribution in [1.82, 2.24) is 14.8 Å². The van der Waals surface area contributed by atoms with E-state index in [1.807, 2.05) is 20.8 Å². The molecule has 2 saturated heterocycles. The first kappa shape index (κ1) is 26.0. The quantitative estimate of drug-likeness (QED) is 0.571. The Bertz CT molecular complexity index is 1340. The van der Waals surface area contributed by atoms with Gasteiger partial charge in [0.1, 0.15) is 45.9 Å². The zero-order chi connectivity index (χ0) is 27.7. The molecule has 6 rings (SSSR count). The fourth-order valence-electron chi connectivity index (χ4n) is 5.78. The molecule has 4 aliphatic rings. The maximum atomic E-state index is 15.0. The summed E-state index contributed by atoms with van der Waals surface area (Å²) in [6.07, 6.45) is 2.79.